The Balaban J connectivity index is 1.51. The lowest BCUT2D eigenvalue weighted by molar-refractivity contribution is -0.135. The molecular formula is C19H24N2O3S3. The Bertz CT molecular complexity index is 716. The molecule has 8 heteroatoms. The van der Waals surface area contributed by atoms with Crippen LogP contribution >= 0.6 is 35.3 Å². The van der Waals surface area contributed by atoms with E-state index in [2.05, 4.69) is 0 Å². The van der Waals surface area contributed by atoms with Gasteiger partial charge >= 0.3 is 0 Å². The third-order valence-electron chi connectivity index (χ3n) is 4.87. The van der Waals surface area contributed by atoms with Gasteiger partial charge in [-0.15, -0.1) is 11.3 Å². The van der Waals surface area contributed by atoms with Crippen molar-refractivity contribution in [2.24, 2.45) is 0 Å². The predicted molar refractivity (Wildman–Crippen MR) is 114 cm³/mol. The molecule has 146 valence electrons. The summed E-state index contributed by atoms with van der Waals surface area (Å²) >= 11 is 8.27. The maximum Gasteiger partial charge on any atom is 0.266 e. The minimum Gasteiger partial charge on any atom is -0.396 e. The number of hydrogen-bond acceptors (Lipinski definition) is 6. The molecule has 2 amide bonds. The molecule has 1 atom stereocenters. The summed E-state index contributed by atoms with van der Waals surface area (Å²) in [7, 11) is 0. The molecule has 3 rings (SSSR count). The van der Waals surface area contributed by atoms with Gasteiger partial charge in [-0.25, -0.2) is 0 Å². The second-order valence-corrected chi connectivity index (χ2v) is 9.36. The van der Waals surface area contributed by atoms with Crippen molar-refractivity contribution in [1.29, 1.82) is 0 Å². The molecule has 1 N–H and O–H groups in total. The first kappa shape index (κ1) is 20.5. The number of carbonyl (C=O) groups is 2. The van der Waals surface area contributed by atoms with Gasteiger partial charge in [-0.1, -0.05) is 30.0 Å². The number of thioether (sulfide) groups is 1. The number of likely N-dealkylation sites (tertiary alicyclic amines) is 1. The first-order chi connectivity index (χ1) is 13.1. The van der Waals surface area contributed by atoms with Crippen molar-refractivity contribution in [3.63, 3.8) is 0 Å². The van der Waals surface area contributed by atoms with Crippen molar-refractivity contribution in [2.45, 2.75) is 44.6 Å². The second-order valence-electron chi connectivity index (χ2n) is 6.70. The largest absolute Gasteiger partial charge is 0.396 e. The molecule has 1 aromatic heterocycles. The van der Waals surface area contributed by atoms with Gasteiger partial charge < -0.3 is 10.0 Å². The van der Waals surface area contributed by atoms with Crippen LogP contribution < -0.4 is 0 Å². The number of aliphatic hydroxyl groups excluding tert-OH is 1. The van der Waals surface area contributed by atoms with Gasteiger partial charge in [0.15, 0.2) is 0 Å². The summed E-state index contributed by atoms with van der Waals surface area (Å²) in [6.45, 7) is 1.35. The van der Waals surface area contributed by atoms with Gasteiger partial charge in [0.25, 0.3) is 5.91 Å². The van der Waals surface area contributed by atoms with E-state index in [0.29, 0.717) is 35.0 Å². The van der Waals surface area contributed by atoms with Crippen molar-refractivity contribution < 1.29 is 14.7 Å². The molecule has 2 saturated heterocycles. The van der Waals surface area contributed by atoms with E-state index in [-0.39, 0.29) is 24.5 Å². The summed E-state index contributed by atoms with van der Waals surface area (Å²) in [4.78, 5) is 30.4. The molecule has 0 saturated carbocycles. The first-order valence-corrected chi connectivity index (χ1v) is 11.4. The van der Waals surface area contributed by atoms with Crippen LogP contribution in [0.3, 0.4) is 0 Å². The lowest BCUT2D eigenvalue weighted by Gasteiger charge is -2.35. The Kier molecular flexibility index (Phi) is 7.46. The average Bonchev–Trinajstić information content (AvgIpc) is 3.26. The van der Waals surface area contributed by atoms with Crippen molar-refractivity contribution in [3.8, 4) is 0 Å². The van der Waals surface area contributed by atoms with Crippen LogP contribution in [-0.2, 0) is 9.59 Å². The van der Waals surface area contributed by atoms with Gasteiger partial charge in [0.1, 0.15) is 4.32 Å². The van der Waals surface area contributed by atoms with Crippen molar-refractivity contribution in [1.82, 2.24) is 9.80 Å². The normalized spacial score (nSPS) is 22.1. The summed E-state index contributed by atoms with van der Waals surface area (Å²) in [5, 5.41) is 11.2. The summed E-state index contributed by atoms with van der Waals surface area (Å²) in [5.74, 6) is 0.0506. The molecule has 0 bridgehead atoms. The molecule has 2 aliphatic rings. The standard InChI is InChI=1S/C19H24N2O3S3/c22-11-8-14-5-1-2-9-20(14)17(23)7-3-10-21-18(24)16(27-19(21)25)13-15-6-4-12-26-15/h4,6,12-14,22H,1-3,5,7-11H2. The number of thiocarbonyl (C=S) groups is 1. The van der Waals surface area contributed by atoms with Crippen LogP contribution in [0.25, 0.3) is 6.08 Å². The maximum atomic E-state index is 12.6. The van der Waals surface area contributed by atoms with E-state index in [9.17, 15) is 14.7 Å². The number of thiophene rings is 1. The second kappa shape index (κ2) is 9.82. The average molecular weight is 425 g/mol. The van der Waals surface area contributed by atoms with Gasteiger partial charge in [0.2, 0.25) is 5.91 Å². The van der Waals surface area contributed by atoms with E-state index in [1.807, 2.05) is 28.5 Å². The number of amides is 2. The van der Waals surface area contributed by atoms with Crippen molar-refractivity contribution in [2.75, 3.05) is 19.7 Å². The topological polar surface area (TPSA) is 60.9 Å². The van der Waals surface area contributed by atoms with Crippen LogP contribution in [-0.4, -0.2) is 56.8 Å². The van der Waals surface area contributed by atoms with Crippen LogP contribution in [0.1, 0.15) is 43.4 Å². The molecule has 1 aromatic rings. The number of aliphatic hydroxyl groups is 1. The quantitative estimate of drug-likeness (QED) is 0.536. The Morgan fingerprint density at radius 1 is 1.41 bits per heavy atom. The molecule has 5 nitrogen and oxygen atoms in total. The van der Waals surface area contributed by atoms with Gasteiger partial charge in [-0.3, -0.25) is 14.5 Å². The number of nitrogens with zero attached hydrogens (tertiary/aromatic N) is 2. The van der Waals surface area contributed by atoms with E-state index >= 15 is 0 Å². The minimum atomic E-state index is -0.0676. The minimum absolute atomic E-state index is 0.0676. The molecule has 1 unspecified atom stereocenters. The Labute approximate surface area is 173 Å². The lowest BCUT2D eigenvalue weighted by Crippen LogP contribution is -2.44. The van der Waals surface area contributed by atoms with E-state index in [0.717, 1.165) is 30.7 Å². The van der Waals surface area contributed by atoms with Gasteiger partial charge in [0.05, 0.1) is 4.91 Å². The van der Waals surface area contributed by atoms with Gasteiger partial charge in [-0.2, -0.15) is 0 Å². The van der Waals surface area contributed by atoms with Crippen LogP contribution in [0.2, 0.25) is 0 Å². The number of rotatable bonds is 7. The zero-order valence-corrected chi connectivity index (χ0v) is 17.6. The number of piperidine rings is 1. The summed E-state index contributed by atoms with van der Waals surface area (Å²) in [6.07, 6.45) is 6.63. The Hall–Kier alpha value is -1.22. The number of carbonyl (C=O) groups excluding carboxylic acids is 2. The third-order valence-corrected chi connectivity index (χ3v) is 7.07. The predicted octanol–water partition coefficient (Wildman–Crippen LogP) is 3.49. The highest BCUT2D eigenvalue weighted by atomic mass is 32.2. The summed E-state index contributed by atoms with van der Waals surface area (Å²) < 4.78 is 0.561. The first-order valence-electron chi connectivity index (χ1n) is 9.29. The highest BCUT2D eigenvalue weighted by Gasteiger charge is 2.32. The maximum absolute atomic E-state index is 12.6. The molecule has 0 radical (unpaired) electrons. The highest BCUT2D eigenvalue weighted by molar-refractivity contribution is 8.26. The van der Waals surface area contributed by atoms with E-state index in [1.54, 1.807) is 16.2 Å². The van der Waals surface area contributed by atoms with E-state index in [1.165, 1.54) is 11.8 Å². The molecule has 2 aliphatic heterocycles. The zero-order chi connectivity index (χ0) is 19.2. The van der Waals surface area contributed by atoms with Gasteiger partial charge in [-0.05, 0) is 49.6 Å². The number of hydrogen-bond donors (Lipinski definition) is 1. The molecule has 2 fully saturated rings. The molecule has 0 aliphatic carbocycles. The smallest absolute Gasteiger partial charge is 0.266 e. The lowest BCUT2D eigenvalue weighted by atomic mass is 9.99. The van der Waals surface area contributed by atoms with Crippen molar-refractivity contribution in [3.05, 3.63) is 27.3 Å². The molecule has 0 spiro atoms. The Morgan fingerprint density at radius 3 is 3.00 bits per heavy atom. The third kappa shape index (κ3) is 5.19. The fraction of sp³-hybridized carbons (Fsp3) is 0.526. The van der Waals surface area contributed by atoms with Crippen molar-refractivity contribution >= 4 is 57.5 Å². The van der Waals surface area contributed by atoms with E-state index in [4.69, 9.17) is 12.2 Å². The molecule has 3 heterocycles. The van der Waals surface area contributed by atoms with Gasteiger partial charge in [0, 0.05) is 37.0 Å². The van der Waals surface area contributed by atoms with Crippen LogP contribution in [0.4, 0.5) is 0 Å². The Morgan fingerprint density at radius 2 is 2.26 bits per heavy atom. The fourth-order valence-electron chi connectivity index (χ4n) is 3.51. The summed E-state index contributed by atoms with van der Waals surface area (Å²) in [6, 6.07) is 4.08. The van der Waals surface area contributed by atoms with E-state index < -0.39 is 0 Å². The molecule has 27 heavy (non-hydrogen) atoms. The molecular weight excluding hydrogens is 400 g/mol. The summed E-state index contributed by atoms with van der Waals surface area (Å²) in [5.41, 5.74) is 0. The van der Waals surface area contributed by atoms with Crippen LogP contribution in [0.15, 0.2) is 22.4 Å². The fourth-order valence-corrected chi connectivity index (χ4v) is 5.54. The van der Waals surface area contributed by atoms with Crippen LogP contribution in [0.5, 0.6) is 0 Å². The molecule has 0 aromatic carbocycles. The van der Waals surface area contributed by atoms with Crippen LogP contribution in [0, 0.1) is 0 Å². The highest BCUT2D eigenvalue weighted by Crippen LogP contribution is 2.33. The zero-order valence-electron chi connectivity index (χ0n) is 15.1. The monoisotopic (exact) mass is 424 g/mol. The SMILES string of the molecule is O=C1C(=Cc2cccs2)SC(=S)N1CCCC(=O)N1CCCCC1CCO.